The minimum atomic E-state index is -0.214. The zero-order valence-corrected chi connectivity index (χ0v) is 17.9. The van der Waals surface area contributed by atoms with Crippen LogP contribution in [0.3, 0.4) is 0 Å². The molecule has 0 saturated carbocycles. The minimum Gasteiger partial charge on any atom is -0.358 e. The summed E-state index contributed by atoms with van der Waals surface area (Å²) in [6, 6.07) is 5.47. The molecule has 9 nitrogen and oxygen atoms in total. The van der Waals surface area contributed by atoms with Crippen molar-refractivity contribution >= 4 is 30.0 Å². The van der Waals surface area contributed by atoms with Gasteiger partial charge in [-0.3, -0.25) is 4.79 Å². The van der Waals surface area contributed by atoms with E-state index in [4.69, 9.17) is 0 Å². The van der Waals surface area contributed by atoms with Gasteiger partial charge in [-0.05, 0) is 43.5 Å². The maximum atomic E-state index is 12.4. The average Bonchev–Trinajstić information content (AvgIpc) is 3.33. The van der Waals surface area contributed by atoms with E-state index in [1.165, 1.54) is 5.56 Å². The van der Waals surface area contributed by atoms with E-state index in [0.29, 0.717) is 25.2 Å². The molecule has 2 heterocycles. The monoisotopic (exact) mass is 421 g/mol. The van der Waals surface area contributed by atoms with Gasteiger partial charge in [-0.25, -0.2) is 9.48 Å². The second-order valence-electron chi connectivity index (χ2n) is 7.24. The third kappa shape index (κ3) is 5.45. The molecule has 2 atom stereocenters. The Kier molecular flexibility index (Phi) is 7.58. The van der Waals surface area contributed by atoms with E-state index in [0.717, 1.165) is 11.3 Å². The highest BCUT2D eigenvalue weighted by Crippen LogP contribution is 2.19. The van der Waals surface area contributed by atoms with Gasteiger partial charge in [0.25, 0.3) is 0 Å². The molecule has 1 aliphatic heterocycles. The summed E-state index contributed by atoms with van der Waals surface area (Å²) in [5.41, 5.74) is 3.77. The van der Waals surface area contributed by atoms with Crippen molar-refractivity contribution in [1.29, 1.82) is 0 Å². The summed E-state index contributed by atoms with van der Waals surface area (Å²) in [5.74, 6) is -0.0226. The zero-order chi connectivity index (χ0) is 20.3. The van der Waals surface area contributed by atoms with Crippen molar-refractivity contribution < 1.29 is 9.59 Å². The molecule has 1 aromatic carbocycles. The average molecular weight is 422 g/mol. The molecule has 1 aliphatic rings. The predicted octanol–water partition coefficient (Wildman–Crippen LogP) is 1.63. The van der Waals surface area contributed by atoms with Crippen LogP contribution in [0.2, 0.25) is 0 Å². The van der Waals surface area contributed by atoms with Crippen LogP contribution in [0.15, 0.2) is 24.4 Å². The summed E-state index contributed by atoms with van der Waals surface area (Å²) < 4.78 is 1.76. The van der Waals surface area contributed by atoms with Crippen LogP contribution >= 0.6 is 12.4 Å². The van der Waals surface area contributed by atoms with Crippen molar-refractivity contribution in [2.75, 3.05) is 26.0 Å². The summed E-state index contributed by atoms with van der Waals surface area (Å²) in [4.78, 5) is 25.7. The van der Waals surface area contributed by atoms with E-state index in [1.54, 1.807) is 23.7 Å². The van der Waals surface area contributed by atoms with Gasteiger partial charge in [0.05, 0.1) is 24.8 Å². The molecule has 29 heavy (non-hydrogen) atoms. The van der Waals surface area contributed by atoms with Crippen LogP contribution < -0.4 is 16.0 Å². The first-order valence-electron chi connectivity index (χ1n) is 9.32. The number of benzene rings is 1. The molecule has 3 rings (SSSR count). The van der Waals surface area contributed by atoms with Crippen LogP contribution in [-0.2, 0) is 11.3 Å². The molecule has 0 aliphatic carbocycles. The number of rotatable bonds is 5. The molecule has 2 aromatic rings. The number of halogens is 1. The normalized spacial score (nSPS) is 18.1. The molecule has 3 amide bonds. The van der Waals surface area contributed by atoms with Crippen molar-refractivity contribution in [3.63, 3.8) is 0 Å². The molecule has 1 fully saturated rings. The van der Waals surface area contributed by atoms with Crippen molar-refractivity contribution in [3.05, 3.63) is 41.2 Å². The summed E-state index contributed by atoms with van der Waals surface area (Å²) in [5, 5.41) is 17.1. The smallest absolute Gasteiger partial charge is 0.321 e. The molecule has 0 spiro atoms. The van der Waals surface area contributed by atoms with Gasteiger partial charge in [-0.15, -0.1) is 17.5 Å². The largest absolute Gasteiger partial charge is 0.358 e. The fourth-order valence-electron chi connectivity index (χ4n) is 3.21. The lowest BCUT2D eigenvalue weighted by Crippen LogP contribution is -2.38. The third-order valence-electron chi connectivity index (χ3n) is 5.11. The number of anilines is 1. The number of nitrogens with one attached hydrogen (secondary N) is 3. The number of aromatic nitrogens is 3. The standard InChI is InChI=1S/C19H27N7O2.ClH/c1-12-5-6-14(7-13(12)2)22-19(28)25(4)10-15-11-26(24-23-15)16-8-17(21-9-16)18(27)20-3;/h5-7,11,16-17,21H,8-10H2,1-4H3,(H,20,27)(H,22,28);1H/t16-,17+;/m1./s1. The molecule has 1 saturated heterocycles. The van der Waals surface area contributed by atoms with Gasteiger partial charge in [0.2, 0.25) is 5.91 Å². The quantitative estimate of drug-likeness (QED) is 0.680. The lowest BCUT2D eigenvalue weighted by atomic mass is 10.1. The first-order valence-corrected chi connectivity index (χ1v) is 9.32. The maximum Gasteiger partial charge on any atom is 0.321 e. The molecule has 0 unspecified atom stereocenters. The first kappa shape index (κ1) is 22.6. The minimum absolute atomic E-state index is 0. The fourth-order valence-corrected chi connectivity index (χ4v) is 3.21. The summed E-state index contributed by atoms with van der Waals surface area (Å²) in [6.45, 7) is 5.05. The Balaban J connectivity index is 0.00000300. The highest BCUT2D eigenvalue weighted by Gasteiger charge is 2.30. The Morgan fingerprint density at radius 1 is 1.31 bits per heavy atom. The van der Waals surface area contributed by atoms with Crippen LogP contribution in [0, 0.1) is 13.8 Å². The molecule has 0 bridgehead atoms. The lowest BCUT2D eigenvalue weighted by Gasteiger charge is -2.17. The first-order chi connectivity index (χ1) is 13.4. The Morgan fingerprint density at radius 2 is 2.07 bits per heavy atom. The molecule has 3 N–H and O–H groups in total. The maximum absolute atomic E-state index is 12.4. The summed E-state index contributed by atoms with van der Waals surface area (Å²) >= 11 is 0. The fraction of sp³-hybridized carbons (Fsp3) is 0.474. The van der Waals surface area contributed by atoms with E-state index in [-0.39, 0.29) is 36.4 Å². The van der Waals surface area contributed by atoms with Crippen molar-refractivity contribution in [3.8, 4) is 0 Å². The topological polar surface area (TPSA) is 104 Å². The molecule has 10 heteroatoms. The van der Waals surface area contributed by atoms with Gasteiger partial charge >= 0.3 is 6.03 Å². The Bertz CT molecular complexity index is 870. The molecule has 1 aromatic heterocycles. The van der Waals surface area contributed by atoms with Crippen molar-refractivity contribution in [2.24, 2.45) is 0 Å². The number of carbonyl (C=O) groups excluding carboxylic acids is 2. The van der Waals surface area contributed by atoms with Crippen molar-refractivity contribution in [1.82, 2.24) is 30.5 Å². The Hall–Kier alpha value is -2.65. The molecular formula is C19H28ClN7O2. The van der Waals surface area contributed by atoms with Crippen molar-refractivity contribution in [2.45, 2.75) is 38.9 Å². The van der Waals surface area contributed by atoms with E-state index in [2.05, 4.69) is 26.3 Å². The van der Waals surface area contributed by atoms with Crippen LogP contribution in [0.25, 0.3) is 0 Å². The Morgan fingerprint density at radius 3 is 2.76 bits per heavy atom. The van der Waals surface area contributed by atoms with Gasteiger partial charge in [0.1, 0.15) is 5.69 Å². The summed E-state index contributed by atoms with van der Waals surface area (Å²) in [6.07, 6.45) is 2.49. The number of amides is 3. The number of hydrogen-bond acceptors (Lipinski definition) is 5. The highest BCUT2D eigenvalue weighted by molar-refractivity contribution is 5.89. The van der Waals surface area contributed by atoms with E-state index in [9.17, 15) is 9.59 Å². The van der Waals surface area contributed by atoms with Gasteiger partial charge in [-0.1, -0.05) is 11.3 Å². The number of carbonyl (C=O) groups is 2. The van der Waals surface area contributed by atoms with Crippen LogP contribution in [0.5, 0.6) is 0 Å². The second-order valence-corrected chi connectivity index (χ2v) is 7.24. The third-order valence-corrected chi connectivity index (χ3v) is 5.11. The number of aryl methyl sites for hydroxylation is 2. The van der Waals surface area contributed by atoms with Gasteiger partial charge in [-0.2, -0.15) is 0 Å². The second kappa shape index (κ2) is 9.71. The number of urea groups is 1. The van der Waals surface area contributed by atoms with E-state index < -0.39 is 0 Å². The predicted molar refractivity (Wildman–Crippen MR) is 113 cm³/mol. The number of nitrogens with zero attached hydrogens (tertiary/aromatic N) is 4. The van der Waals surface area contributed by atoms with E-state index >= 15 is 0 Å². The van der Waals surface area contributed by atoms with E-state index in [1.807, 2.05) is 38.2 Å². The lowest BCUT2D eigenvalue weighted by molar-refractivity contribution is -0.122. The molecular weight excluding hydrogens is 394 g/mol. The van der Waals surface area contributed by atoms with Crippen LogP contribution in [0.1, 0.15) is 29.3 Å². The number of hydrogen-bond donors (Lipinski definition) is 3. The van der Waals surface area contributed by atoms with Gasteiger partial charge in [0, 0.05) is 26.3 Å². The number of likely N-dealkylation sites (N-methyl/N-ethyl adjacent to an activating group) is 1. The Labute approximate surface area is 176 Å². The van der Waals surface area contributed by atoms with Gasteiger partial charge < -0.3 is 20.9 Å². The zero-order valence-electron chi connectivity index (χ0n) is 17.1. The van der Waals surface area contributed by atoms with Gasteiger partial charge in [0.15, 0.2) is 0 Å². The van der Waals surface area contributed by atoms with Crippen LogP contribution in [0.4, 0.5) is 10.5 Å². The highest BCUT2D eigenvalue weighted by atomic mass is 35.5. The summed E-state index contributed by atoms with van der Waals surface area (Å²) in [7, 11) is 3.35. The molecule has 0 radical (unpaired) electrons. The molecule has 158 valence electrons. The SMILES string of the molecule is CNC(=O)[C@@H]1C[C@@H](n2cc(CN(C)C(=O)Nc3ccc(C)c(C)c3)nn2)CN1.Cl. The van der Waals surface area contributed by atoms with Crippen LogP contribution in [-0.4, -0.2) is 58.5 Å².